The average molecular weight is 351 g/mol. The highest BCUT2D eigenvalue weighted by Crippen LogP contribution is 2.32. The van der Waals surface area contributed by atoms with Crippen molar-refractivity contribution in [3.8, 4) is 17.6 Å². The Morgan fingerprint density at radius 3 is 2.62 bits per heavy atom. The molecule has 0 spiro atoms. The molecule has 1 aliphatic rings. The number of nitriles is 1. The largest absolute Gasteiger partial charge is 0.454 e. The van der Waals surface area contributed by atoms with E-state index in [4.69, 9.17) is 10.00 Å². The second-order valence-corrected chi connectivity index (χ2v) is 7.23. The first-order valence-corrected chi connectivity index (χ1v) is 9.69. The summed E-state index contributed by atoms with van der Waals surface area (Å²) in [6, 6.07) is 12.3. The molecule has 1 saturated carbocycles. The van der Waals surface area contributed by atoms with Crippen LogP contribution in [0.25, 0.3) is 0 Å². The summed E-state index contributed by atoms with van der Waals surface area (Å²) in [5.74, 6) is 1.25. The molecule has 0 unspecified atom stereocenters. The number of benzene rings is 2. The van der Waals surface area contributed by atoms with Gasteiger partial charge in [0.1, 0.15) is 5.75 Å². The number of aryl methyl sites for hydroxylation is 2. The lowest BCUT2D eigenvalue weighted by Gasteiger charge is -2.25. The SMILES string of the molecule is CCCc1cc(Oc2ccc(C#N)cc2F)ccc1CCCC1CCC1. The molecule has 0 heterocycles. The van der Waals surface area contributed by atoms with Crippen molar-refractivity contribution < 1.29 is 9.13 Å². The van der Waals surface area contributed by atoms with E-state index >= 15 is 0 Å². The van der Waals surface area contributed by atoms with E-state index in [1.54, 1.807) is 6.07 Å². The van der Waals surface area contributed by atoms with E-state index in [0.29, 0.717) is 11.3 Å². The molecule has 0 radical (unpaired) electrons. The summed E-state index contributed by atoms with van der Waals surface area (Å²) in [5.41, 5.74) is 2.98. The van der Waals surface area contributed by atoms with Crippen LogP contribution in [-0.4, -0.2) is 0 Å². The van der Waals surface area contributed by atoms with E-state index in [1.807, 2.05) is 18.2 Å². The molecule has 2 nitrogen and oxygen atoms in total. The van der Waals surface area contributed by atoms with Crippen molar-refractivity contribution in [1.29, 1.82) is 5.26 Å². The lowest BCUT2D eigenvalue weighted by Crippen LogP contribution is -2.10. The molecule has 26 heavy (non-hydrogen) atoms. The summed E-state index contributed by atoms with van der Waals surface area (Å²) < 4.78 is 19.8. The van der Waals surface area contributed by atoms with Gasteiger partial charge in [0.25, 0.3) is 0 Å². The third-order valence-electron chi connectivity index (χ3n) is 5.27. The zero-order chi connectivity index (χ0) is 18.4. The summed E-state index contributed by atoms with van der Waals surface area (Å²) in [4.78, 5) is 0. The topological polar surface area (TPSA) is 33.0 Å². The van der Waals surface area contributed by atoms with Crippen molar-refractivity contribution in [1.82, 2.24) is 0 Å². The fourth-order valence-electron chi connectivity index (χ4n) is 3.55. The van der Waals surface area contributed by atoms with Crippen molar-refractivity contribution in [2.75, 3.05) is 0 Å². The van der Waals surface area contributed by atoms with Crippen LogP contribution < -0.4 is 4.74 Å². The summed E-state index contributed by atoms with van der Waals surface area (Å²) >= 11 is 0. The van der Waals surface area contributed by atoms with E-state index in [9.17, 15) is 4.39 Å². The Morgan fingerprint density at radius 1 is 1.12 bits per heavy atom. The van der Waals surface area contributed by atoms with Crippen LogP contribution in [0.4, 0.5) is 4.39 Å². The van der Waals surface area contributed by atoms with Crippen LogP contribution in [0.1, 0.15) is 62.1 Å². The van der Waals surface area contributed by atoms with E-state index in [0.717, 1.165) is 25.2 Å². The van der Waals surface area contributed by atoms with Crippen LogP contribution in [0.15, 0.2) is 36.4 Å². The minimum Gasteiger partial charge on any atom is -0.454 e. The fraction of sp³-hybridized carbons (Fsp3) is 0.435. The Labute approximate surface area is 155 Å². The number of rotatable bonds is 8. The van der Waals surface area contributed by atoms with Gasteiger partial charge >= 0.3 is 0 Å². The number of hydrogen-bond donors (Lipinski definition) is 0. The van der Waals surface area contributed by atoms with Gasteiger partial charge in [0, 0.05) is 0 Å². The van der Waals surface area contributed by atoms with Crippen LogP contribution in [-0.2, 0) is 12.8 Å². The molecule has 0 saturated heterocycles. The molecule has 0 aliphatic heterocycles. The number of hydrogen-bond acceptors (Lipinski definition) is 2. The third kappa shape index (κ3) is 4.64. The molecule has 0 N–H and O–H groups in total. The maximum Gasteiger partial charge on any atom is 0.167 e. The van der Waals surface area contributed by atoms with Gasteiger partial charge in [-0.15, -0.1) is 0 Å². The molecular formula is C23H26FNO. The smallest absolute Gasteiger partial charge is 0.167 e. The van der Waals surface area contributed by atoms with E-state index in [-0.39, 0.29) is 5.75 Å². The zero-order valence-corrected chi connectivity index (χ0v) is 15.4. The van der Waals surface area contributed by atoms with Gasteiger partial charge in [0.05, 0.1) is 11.6 Å². The molecular weight excluding hydrogens is 325 g/mol. The van der Waals surface area contributed by atoms with Gasteiger partial charge in [0.15, 0.2) is 11.6 Å². The molecule has 1 fully saturated rings. The molecule has 0 bridgehead atoms. The maximum atomic E-state index is 14.1. The standard InChI is InChI=1S/C23H26FNO/c1-2-5-20-15-21(26-23-13-10-18(16-25)14-22(23)24)12-11-19(20)9-4-8-17-6-3-7-17/h10-15,17H,2-9H2,1H3. The van der Waals surface area contributed by atoms with Crippen LogP contribution in [0.5, 0.6) is 11.5 Å². The molecule has 3 rings (SSSR count). The Hall–Kier alpha value is -2.34. The van der Waals surface area contributed by atoms with E-state index in [2.05, 4.69) is 13.0 Å². The van der Waals surface area contributed by atoms with Crippen LogP contribution >= 0.6 is 0 Å². The highest BCUT2D eigenvalue weighted by atomic mass is 19.1. The molecule has 0 aromatic heterocycles. The highest BCUT2D eigenvalue weighted by molar-refractivity contribution is 5.41. The summed E-state index contributed by atoms with van der Waals surface area (Å²) in [7, 11) is 0. The van der Waals surface area contributed by atoms with Crippen molar-refractivity contribution >= 4 is 0 Å². The Kier molecular flexibility index (Phi) is 6.28. The Balaban J connectivity index is 1.69. The summed E-state index contributed by atoms with van der Waals surface area (Å²) in [6.45, 7) is 2.17. The zero-order valence-electron chi connectivity index (χ0n) is 15.4. The van der Waals surface area contributed by atoms with Crippen molar-refractivity contribution in [2.45, 2.75) is 58.3 Å². The van der Waals surface area contributed by atoms with Crippen LogP contribution in [0.3, 0.4) is 0 Å². The minimum absolute atomic E-state index is 0.157. The molecule has 3 heteroatoms. The molecule has 1 aliphatic carbocycles. The van der Waals surface area contributed by atoms with Crippen LogP contribution in [0, 0.1) is 23.1 Å². The van der Waals surface area contributed by atoms with Crippen molar-refractivity contribution in [3.05, 3.63) is 58.9 Å². The van der Waals surface area contributed by atoms with E-state index in [1.165, 1.54) is 55.4 Å². The molecule has 0 amide bonds. The van der Waals surface area contributed by atoms with Gasteiger partial charge in [-0.3, -0.25) is 0 Å². The highest BCUT2D eigenvalue weighted by Gasteiger charge is 2.17. The first-order valence-electron chi connectivity index (χ1n) is 9.69. The van der Waals surface area contributed by atoms with Gasteiger partial charge < -0.3 is 4.74 Å². The maximum absolute atomic E-state index is 14.1. The normalized spacial score (nSPS) is 13.9. The van der Waals surface area contributed by atoms with Gasteiger partial charge in [-0.05, 0) is 66.6 Å². The second kappa shape index (κ2) is 8.85. The van der Waals surface area contributed by atoms with E-state index < -0.39 is 5.82 Å². The van der Waals surface area contributed by atoms with Crippen molar-refractivity contribution in [2.24, 2.45) is 5.92 Å². The number of nitrogens with zero attached hydrogens (tertiary/aromatic N) is 1. The summed E-state index contributed by atoms with van der Waals surface area (Å²) in [5, 5.41) is 8.84. The van der Waals surface area contributed by atoms with Gasteiger partial charge in [-0.1, -0.05) is 45.1 Å². The third-order valence-corrected chi connectivity index (χ3v) is 5.27. The lowest BCUT2D eigenvalue weighted by molar-refractivity contribution is 0.290. The average Bonchev–Trinajstić information content (AvgIpc) is 2.60. The predicted molar refractivity (Wildman–Crippen MR) is 102 cm³/mol. The minimum atomic E-state index is -0.509. The summed E-state index contributed by atoms with van der Waals surface area (Å²) in [6.07, 6.45) is 9.98. The second-order valence-electron chi connectivity index (χ2n) is 7.23. The number of halogens is 1. The van der Waals surface area contributed by atoms with Crippen molar-refractivity contribution in [3.63, 3.8) is 0 Å². The molecule has 2 aromatic rings. The Bertz CT molecular complexity index is 789. The molecule has 136 valence electrons. The van der Waals surface area contributed by atoms with Gasteiger partial charge in [-0.25, -0.2) is 4.39 Å². The Morgan fingerprint density at radius 2 is 1.96 bits per heavy atom. The predicted octanol–water partition coefficient (Wildman–Crippen LogP) is 6.56. The first kappa shape index (κ1) is 18.5. The number of ether oxygens (including phenoxy) is 1. The molecule has 2 aromatic carbocycles. The monoisotopic (exact) mass is 351 g/mol. The molecule has 0 atom stereocenters. The van der Waals surface area contributed by atoms with Crippen LogP contribution in [0.2, 0.25) is 0 Å². The lowest BCUT2D eigenvalue weighted by atomic mass is 9.81. The fourth-order valence-corrected chi connectivity index (χ4v) is 3.55. The first-order chi connectivity index (χ1) is 12.7. The van der Waals surface area contributed by atoms with Gasteiger partial charge in [0.2, 0.25) is 0 Å². The van der Waals surface area contributed by atoms with Gasteiger partial charge in [-0.2, -0.15) is 5.26 Å². The quantitative estimate of drug-likeness (QED) is 0.539.